The fourth-order valence-corrected chi connectivity index (χ4v) is 6.94. The van der Waals surface area contributed by atoms with Crippen LogP contribution in [0.3, 0.4) is 0 Å². The lowest BCUT2D eigenvalue weighted by molar-refractivity contribution is -0.171. The highest BCUT2D eigenvalue weighted by atomic mass is 16.6. The number of Topliss-reactive ketones (excluding diaryl/α,β-unsaturated/α-hetero) is 1. The molecule has 0 saturated heterocycles. The van der Waals surface area contributed by atoms with Gasteiger partial charge in [-0.15, -0.1) is 0 Å². The number of esters is 1. The summed E-state index contributed by atoms with van der Waals surface area (Å²) in [6.07, 6.45) is 5.30. The molecule has 1 fully saturated rings. The third-order valence-corrected chi connectivity index (χ3v) is 6.94. The lowest BCUT2D eigenvalue weighted by atomic mass is 9.49. The summed E-state index contributed by atoms with van der Waals surface area (Å²) in [6, 6.07) is 9.73. The largest absolute Gasteiger partial charge is 0.454 e. The zero-order valence-corrected chi connectivity index (χ0v) is 18.6. The van der Waals surface area contributed by atoms with E-state index in [2.05, 4.69) is 34.6 Å². The van der Waals surface area contributed by atoms with Gasteiger partial charge in [-0.05, 0) is 53.9 Å². The van der Waals surface area contributed by atoms with Gasteiger partial charge in [-0.1, -0.05) is 70.5 Å². The van der Waals surface area contributed by atoms with Gasteiger partial charge in [0.25, 0.3) is 0 Å². The summed E-state index contributed by atoms with van der Waals surface area (Å²) in [4.78, 5) is 26.4. The minimum atomic E-state index is -0.760. The minimum Gasteiger partial charge on any atom is -0.454 e. The van der Waals surface area contributed by atoms with Crippen LogP contribution in [0.5, 0.6) is 0 Å². The van der Waals surface area contributed by atoms with Crippen molar-refractivity contribution in [2.75, 3.05) is 0 Å². The molecule has 0 aromatic heterocycles. The zero-order valence-electron chi connectivity index (χ0n) is 18.6. The maximum absolute atomic E-state index is 13.4. The Morgan fingerprint density at radius 2 is 1.59 bits per heavy atom. The lowest BCUT2D eigenvalue weighted by Crippen LogP contribution is -2.56. The smallest absolute Gasteiger partial charge is 0.311 e. The number of benzene rings is 1. The minimum absolute atomic E-state index is 0.0112. The molecule has 1 saturated carbocycles. The number of fused-ring (bicyclic) bond motifs is 3. The zero-order chi connectivity index (χ0) is 21.1. The van der Waals surface area contributed by atoms with E-state index in [1.807, 2.05) is 30.3 Å². The first-order chi connectivity index (χ1) is 13.4. The van der Waals surface area contributed by atoms with Crippen LogP contribution in [0.15, 0.2) is 41.5 Å². The monoisotopic (exact) mass is 394 g/mol. The van der Waals surface area contributed by atoms with Gasteiger partial charge in [0.05, 0.1) is 6.42 Å². The highest BCUT2D eigenvalue weighted by molar-refractivity contribution is 6.00. The Morgan fingerprint density at radius 3 is 2.28 bits per heavy atom. The summed E-state index contributed by atoms with van der Waals surface area (Å²) in [5.41, 5.74) is 2.39. The van der Waals surface area contributed by atoms with Crippen LogP contribution in [-0.4, -0.2) is 17.4 Å². The first-order valence-electron chi connectivity index (χ1n) is 10.9. The van der Waals surface area contributed by atoms with Crippen molar-refractivity contribution in [2.24, 2.45) is 16.2 Å². The molecule has 4 rings (SSSR count). The third-order valence-electron chi connectivity index (χ3n) is 6.94. The van der Waals surface area contributed by atoms with E-state index in [9.17, 15) is 9.59 Å². The van der Waals surface area contributed by atoms with E-state index in [1.54, 1.807) is 0 Å². The topological polar surface area (TPSA) is 43.4 Å². The Bertz CT molecular complexity index is 876. The van der Waals surface area contributed by atoms with Crippen LogP contribution >= 0.6 is 0 Å². The molecule has 2 bridgehead atoms. The number of rotatable bonds is 3. The van der Waals surface area contributed by atoms with Gasteiger partial charge in [-0.25, -0.2) is 0 Å². The first-order valence-corrected chi connectivity index (χ1v) is 10.9. The number of allylic oxidation sites excluding steroid dienone is 1. The van der Waals surface area contributed by atoms with Crippen molar-refractivity contribution < 1.29 is 14.3 Å². The fraction of sp³-hybridized carbons (Fsp3) is 0.615. The molecule has 2 unspecified atom stereocenters. The van der Waals surface area contributed by atoms with Gasteiger partial charge in [0.1, 0.15) is 5.60 Å². The third kappa shape index (κ3) is 3.93. The number of hydrogen-bond donors (Lipinski definition) is 0. The van der Waals surface area contributed by atoms with E-state index in [0.717, 1.165) is 43.2 Å². The Hall–Kier alpha value is -1.90. The highest BCUT2D eigenvalue weighted by Gasteiger charge is 2.59. The molecule has 0 aliphatic heterocycles. The second-order valence-corrected chi connectivity index (χ2v) is 11.7. The van der Waals surface area contributed by atoms with Crippen molar-refractivity contribution in [3.8, 4) is 0 Å². The van der Waals surface area contributed by atoms with Crippen molar-refractivity contribution in [3.63, 3.8) is 0 Å². The molecule has 3 aliphatic carbocycles. The maximum atomic E-state index is 13.4. The molecule has 0 radical (unpaired) electrons. The van der Waals surface area contributed by atoms with E-state index in [1.165, 1.54) is 5.57 Å². The summed E-state index contributed by atoms with van der Waals surface area (Å²) >= 11 is 0. The molecule has 2 atom stereocenters. The Labute approximate surface area is 174 Å². The van der Waals surface area contributed by atoms with Crippen molar-refractivity contribution in [1.29, 1.82) is 0 Å². The van der Waals surface area contributed by atoms with Crippen LogP contribution in [0.4, 0.5) is 0 Å². The number of carbonyl (C=O) groups is 2. The molecule has 0 amide bonds. The summed E-state index contributed by atoms with van der Waals surface area (Å²) in [5, 5.41) is 0. The molecule has 156 valence electrons. The standard InChI is InChI=1S/C26H34O3/c1-23(2)12-19-13-25(5)15-24(3,4)16-26(17-25,22(19)20(27)14-23)29-21(28)11-18-9-7-6-8-10-18/h6-10H,11-17H2,1-5H3. The second-order valence-electron chi connectivity index (χ2n) is 11.7. The molecule has 29 heavy (non-hydrogen) atoms. The molecule has 1 aromatic carbocycles. The van der Waals surface area contributed by atoms with Gasteiger partial charge in [0, 0.05) is 12.0 Å². The van der Waals surface area contributed by atoms with Gasteiger partial charge >= 0.3 is 5.97 Å². The van der Waals surface area contributed by atoms with Gasteiger partial charge in [0.15, 0.2) is 5.78 Å². The predicted octanol–water partition coefficient (Wildman–Crippen LogP) is 5.82. The van der Waals surface area contributed by atoms with Gasteiger partial charge < -0.3 is 4.74 Å². The van der Waals surface area contributed by atoms with Crippen LogP contribution in [0.25, 0.3) is 0 Å². The van der Waals surface area contributed by atoms with Crippen molar-refractivity contribution in [2.45, 2.75) is 85.2 Å². The second kappa shape index (κ2) is 6.55. The van der Waals surface area contributed by atoms with Crippen LogP contribution in [0.2, 0.25) is 0 Å². The summed E-state index contributed by atoms with van der Waals surface area (Å²) in [6.45, 7) is 11.2. The average molecular weight is 395 g/mol. The van der Waals surface area contributed by atoms with Crippen LogP contribution < -0.4 is 0 Å². The molecule has 3 nitrogen and oxygen atoms in total. The van der Waals surface area contributed by atoms with Crippen molar-refractivity contribution in [3.05, 3.63) is 47.0 Å². The Morgan fingerprint density at radius 1 is 0.897 bits per heavy atom. The quantitative estimate of drug-likeness (QED) is 0.607. The molecular formula is C26H34O3. The van der Waals surface area contributed by atoms with Crippen LogP contribution in [-0.2, 0) is 20.7 Å². The van der Waals surface area contributed by atoms with Gasteiger partial charge in [-0.3, -0.25) is 9.59 Å². The Balaban J connectivity index is 1.74. The molecular weight excluding hydrogens is 360 g/mol. The Kier molecular flexibility index (Phi) is 4.60. The van der Waals surface area contributed by atoms with E-state index >= 15 is 0 Å². The number of hydrogen-bond acceptors (Lipinski definition) is 3. The first kappa shape index (κ1) is 20.4. The average Bonchev–Trinajstić information content (AvgIpc) is 2.50. The SMILES string of the molecule is CC1(C)CC(=O)C2=C(C1)CC1(C)CC(C)(C)CC2(OC(=O)Cc2ccccc2)C1. The summed E-state index contributed by atoms with van der Waals surface area (Å²) in [7, 11) is 0. The number of ketones is 1. The van der Waals surface area contributed by atoms with Crippen molar-refractivity contribution >= 4 is 11.8 Å². The van der Waals surface area contributed by atoms with E-state index in [0.29, 0.717) is 6.42 Å². The fourth-order valence-electron chi connectivity index (χ4n) is 6.94. The maximum Gasteiger partial charge on any atom is 0.311 e. The van der Waals surface area contributed by atoms with Gasteiger partial charge in [-0.2, -0.15) is 0 Å². The molecule has 3 heteroatoms. The highest BCUT2D eigenvalue weighted by Crippen LogP contribution is 2.62. The molecule has 0 N–H and O–H groups in total. The number of ether oxygens (including phenoxy) is 1. The molecule has 0 heterocycles. The van der Waals surface area contributed by atoms with E-state index < -0.39 is 5.60 Å². The molecule has 0 spiro atoms. The van der Waals surface area contributed by atoms with E-state index in [4.69, 9.17) is 4.74 Å². The number of carbonyl (C=O) groups excluding carboxylic acids is 2. The predicted molar refractivity (Wildman–Crippen MR) is 114 cm³/mol. The summed E-state index contributed by atoms with van der Waals surface area (Å²) < 4.78 is 6.34. The van der Waals surface area contributed by atoms with Crippen LogP contribution in [0.1, 0.15) is 78.7 Å². The van der Waals surface area contributed by atoms with Gasteiger partial charge in [0.2, 0.25) is 0 Å². The van der Waals surface area contributed by atoms with Crippen molar-refractivity contribution in [1.82, 2.24) is 0 Å². The molecule has 3 aliphatic rings. The normalized spacial score (nSPS) is 32.5. The summed E-state index contributed by atoms with van der Waals surface area (Å²) in [5.74, 6) is -0.0221. The molecule has 1 aromatic rings. The van der Waals surface area contributed by atoms with Crippen LogP contribution in [0, 0.1) is 16.2 Å². The lowest BCUT2D eigenvalue weighted by Gasteiger charge is -2.58. The van der Waals surface area contributed by atoms with E-state index in [-0.39, 0.29) is 34.4 Å².